The number of amides is 1. The molecule has 0 aliphatic carbocycles. The first-order valence-corrected chi connectivity index (χ1v) is 7.14. The second-order valence-electron chi connectivity index (χ2n) is 4.86. The Labute approximate surface area is 134 Å². The number of halogens is 1. The largest absolute Gasteiger partial charge is 0.351 e. The van der Waals surface area contributed by atoms with Crippen LogP contribution in [0.2, 0.25) is 5.02 Å². The summed E-state index contributed by atoms with van der Waals surface area (Å²) in [6.07, 6.45) is 4.63. The molecular formula is C16H17ClN4O. The predicted molar refractivity (Wildman–Crippen MR) is 89.6 cm³/mol. The van der Waals surface area contributed by atoms with E-state index in [-0.39, 0.29) is 5.91 Å². The van der Waals surface area contributed by atoms with E-state index < -0.39 is 0 Å². The number of carbonyl (C=O) groups is 1. The molecule has 114 valence electrons. The van der Waals surface area contributed by atoms with E-state index in [2.05, 4.69) is 27.2 Å². The third-order valence-electron chi connectivity index (χ3n) is 2.99. The number of nitrogens with zero attached hydrogens (tertiary/aromatic N) is 2. The fourth-order valence-electron chi connectivity index (χ4n) is 1.96. The molecule has 22 heavy (non-hydrogen) atoms. The van der Waals surface area contributed by atoms with Gasteiger partial charge in [0.15, 0.2) is 0 Å². The zero-order chi connectivity index (χ0) is 16.1. The van der Waals surface area contributed by atoms with E-state index in [0.717, 1.165) is 11.1 Å². The standard InChI is InChI=1S/C16H17ClN4O/c1-4-5-18-16-19-8-12(9-20-16)15(22)21-14-11(3)6-10(2)7-13(14)17/h4,6-9H,1,5H2,2-3H3,(H,21,22)(H,18,19,20). The minimum Gasteiger partial charge on any atom is -0.351 e. The van der Waals surface area contributed by atoms with E-state index in [0.29, 0.717) is 28.8 Å². The van der Waals surface area contributed by atoms with E-state index >= 15 is 0 Å². The van der Waals surface area contributed by atoms with Crippen molar-refractivity contribution in [1.82, 2.24) is 9.97 Å². The molecule has 0 aliphatic heterocycles. The summed E-state index contributed by atoms with van der Waals surface area (Å²) in [5.74, 6) is 0.144. The Balaban J connectivity index is 2.14. The summed E-state index contributed by atoms with van der Waals surface area (Å²) in [5.41, 5.74) is 2.91. The van der Waals surface area contributed by atoms with Crippen LogP contribution >= 0.6 is 11.6 Å². The van der Waals surface area contributed by atoms with Gasteiger partial charge >= 0.3 is 0 Å². The molecule has 0 spiro atoms. The van der Waals surface area contributed by atoms with Gasteiger partial charge in [0.2, 0.25) is 5.95 Å². The highest BCUT2D eigenvalue weighted by Crippen LogP contribution is 2.27. The van der Waals surface area contributed by atoms with Crippen LogP contribution in [0.1, 0.15) is 21.5 Å². The molecule has 2 aromatic rings. The van der Waals surface area contributed by atoms with Crippen molar-refractivity contribution in [2.24, 2.45) is 0 Å². The molecule has 0 saturated heterocycles. The predicted octanol–water partition coefficient (Wildman–Crippen LogP) is 3.60. The van der Waals surface area contributed by atoms with Crippen molar-refractivity contribution in [3.05, 3.63) is 58.9 Å². The van der Waals surface area contributed by atoms with Gasteiger partial charge in [0.25, 0.3) is 5.91 Å². The molecule has 1 aromatic carbocycles. The van der Waals surface area contributed by atoms with Gasteiger partial charge < -0.3 is 10.6 Å². The Morgan fingerprint density at radius 2 is 2.00 bits per heavy atom. The Morgan fingerprint density at radius 3 is 2.59 bits per heavy atom. The third kappa shape index (κ3) is 3.83. The van der Waals surface area contributed by atoms with Gasteiger partial charge in [-0.3, -0.25) is 4.79 Å². The first-order valence-electron chi connectivity index (χ1n) is 6.76. The van der Waals surface area contributed by atoms with E-state index in [1.54, 1.807) is 6.08 Å². The van der Waals surface area contributed by atoms with E-state index in [9.17, 15) is 4.79 Å². The van der Waals surface area contributed by atoms with Crippen LogP contribution in [-0.4, -0.2) is 22.4 Å². The maximum absolute atomic E-state index is 12.2. The minimum atomic E-state index is -0.302. The van der Waals surface area contributed by atoms with Crippen LogP contribution in [0.25, 0.3) is 0 Å². The number of aromatic nitrogens is 2. The van der Waals surface area contributed by atoms with Crippen LogP contribution < -0.4 is 10.6 Å². The molecule has 1 amide bonds. The topological polar surface area (TPSA) is 66.9 Å². The van der Waals surface area contributed by atoms with Crippen molar-refractivity contribution in [3.8, 4) is 0 Å². The van der Waals surface area contributed by atoms with Crippen molar-refractivity contribution in [2.75, 3.05) is 17.2 Å². The van der Waals surface area contributed by atoms with Crippen molar-refractivity contribution >= 4 is 29.1 Å². The fraction of sp³-hybridized carbons (Fsp3) is 0.188. The molecule has 2 N–H and O–H groups in total. The van der Waals surface area contributed by atoms with Gasteiger partial charge in [-0.25, -0.2) is 9.97 Å². The Bertz CT molecular complexity index is 675. The zero-order valence-electron chi connectivity index (χ0n) is 12.5. The van der Waals surface area contributed by atoms with Gasteiger partial charge in [-0.1, -0.05) is 23.7 Å². The molecule has 0 atom stereocenters. The van der Waals surface area contributed by atoms with Crippen LogP contribution in [-0.2, 0) is 0 Å². The monoisotopic (exact) mass is 316 g/mol. The quantitative estimate of drug-likeness (QED) is 0.827. The number of benzene rings is 1. The summed E-state index contributed by atoms with van der Waals surface area (Å²) in [6.45, 7) is 8.00. The van der Waals surface area contributed by atoms with Gasteiger partial charge in [-0.15, -0.1) is 6.58 Å². The molecule has 0 unspecified atom stereocenters. The molecule has 6 heteroatoms. The normalized spacial score (nSPS) is 10.1. The van der Waals surface area contributed by atoms with Crippen molar-refractivity contribution in [2.45, 2.75) is 13.8 Å². The molecule has 1 heterocycles. The van der Waals surface area contributed by atoms with Crippen LogP contribution in [0, 0.1) is 13.8 Å². The lowest BCUT2D eigenvalue weighted by Gasteiger charge is -2.11. The molecule has 0 fully saturated rings. The average Bonchev–Trinajstić information content (AvgIpc) is 2.49. The SMILES string of the molecule is C=CCNc1ncc(C(=O)Nc2c(C)cc(C)cc2Cl)cn1. The number of carbonyl (C=O) groups excluding carboxylic acids is 1. The Hall–Kier alpha value is -2.40. The highest BCUT2D eigenvalue weighted by molar-refractivity contribution is 6.34. The summed E-state index contributed by atoms with van der Waals surface area (Å²) in [6, 6.07) is 3.77. The van der Waals surface area contributed by atoms with Crippen LogP contribution in [0.4, 0.5) is 11.6 Å². The van der Waals surface area contributed by atoms with Crippen LogP contribution in [0.5, 0.6) is 0 Å². The highest BCUT2D eigenvalue weighted by Gasteiger charge is 2.12. The molecule has 0 bridgehead atoms. The number of aryl methyl sites for hydroxylation is 2. The van der Waals surface area contributed by atoms with E-state index in [1.165, 1.54) is 12.4 Å². The molecule has 0 aliphatic rings. The molecule has 5 nitrogen and oxygen atoms in total. The molecule has 0 saturated carbocycles. The lowest BCUT2D eigenvalue weighted by Crippen LogP contribution is -2.14. The van der Waals surface area contributed by atoms with Crippen molar-refractivity contribution in [3.63, 3.8) is 0 Å². The number of hydrogen-bond donors (Lipinski definition) is 2. The number of nitrogens with one attached hydrogen (secondary N) is 2. The molecule has 1 aromatic heterocycles. The van der Waals surface area contributed by atoms with Crippen LogP contribution in [0.3, 0.4) is 0 Å². The number of rotatable bonds is 5. The van der Waals surface area contributed by atoms with Crippen molar-refractivity contribution in [1.29, 1.82) is 0 Å². The maximum atomic E-state index is 12.2. The van der Waals surface area contributed by atoms with E-state index in [4.69, 9.17) is 11.6 Å². The highest BCUT2D eigenvalue weighted by atomic mass is 35.5. The molecule has 0 radical (unpaired) electrons. The number of anilines is 2. The van der Waals surface area contributed by atoms with Gasteiger partial charge in [-0.05, 0) is 31.0 Å². The second kappa shape index (κ2) is 7.04. The number of hydrogen-bond acceptors (Lipinski definition) is 4. The molecule has 2 rings (SSSR count). The van der Waals surface area contributed by atoms with E-state index in [1.807, 2.05) is 26.0 Å². The summed E-state index contributed by atoms with van der Waals surface area (Å²) in [7, 11) is 0. The van der Waals surface area contributed by atoms with Gasteiger partial charge in [0.1, 0.15) is 0 Å². The van der Waals surface area contributed by atoms with Crippen molar-refractivity contribution < 1.29 is 4.79 Å². The fourth-order valence-corrected chi connectivity index (χ4v) is 2.33. The zero-order valence-corrected chi connectivity index (χ0v) is 13.2. The summed E-state index contributed by atoms with van der Waals surface area (Å²) in [4.78, 5) is 20.4. The maximum Gasteiger partial charge on any atom is 0.258 e. The second-order valence-corrected chi connectivity index (χ2v) is 5.26. The minimum absolute atomic E-state index is 0.302. The summed E-state index contributed by atoms with van der Waals surface area (Å²) in [5, 5.41) is 6.25. The lowest BCUT2D eigenvalue weighted by atomic mass is 10.1. The Kier molecular flexibility index (Phi) is 5.12. The summed E-state index contributed by atoms with van der Waals surface area (Å²) < 4.78 is 0. The van der Waals surface area contributed by atoms with Gasteiger partial charge in [-0.2, -0.15) is 0 Å². The van der Waals surface area contributed by atoms with Crippen LogP contribution in [0.15, 0.2) is 37.2 Å². The summed E-state index contributed by atoms with van der Waals surface area (Å²) >= 11 is 6.18. The first-order chi connectivity index (χ1) is 10.5. The Morgan fingerprint density at radius 1 is 1.32 bits per heavy atom. The lowest BCUT2D eigenvalue weighted by molar-refractivity contribution is 0.102. The first kappa shape index (κ1) is 16.0. The third-order valence-corrected chi connectivity index (χ3v) is 3.29. The smallest absolute Gasteiger partial charge is 0.258 e. The molecular weight excluding hydrogens is 300 g/mol. The van der Waals surface area contributed by atoms with Gasteiger partial charge in [0, 0.05) is 18.9 Å². The average molecular weight is 317 g/mol. The van der Waals surface area contributed by atoms with Gasteiger partial charge in [0.05, 0.1) is 16.3 Å².